The quantitative estimate of drug-likeness (QED) is 0.577. The molecule has 3 N–H and O–H groups in total. The molecule has 1 aliphatic heterocycles. The van der Waals surface area contributed by atoms with E-state index in [0.717, 1.165) is 16.7 Å². The Morgan fingerprint density at radius 2 is 1.90 bits per heavy atom. The number of imide groups is 1. The Labute approximate surface area is 184 Å². The molecule has 0 bridgehead atoms. The van der Waals surface area contributed by atoms with Gasteiger partial charge in [-0.05, 0) is 63.6 Å². The maximum Gasteiger partial charge on any atom is 0.294 e. The molecule has 154 valence electrons. The van der Waals surface area contributed by atoms with E-state index in [4.69, 9.17) is 10.5 Å². The molecule has 1 fully saturated rings. The van der Waals surface area contributed by atoms with Crippen LogP contribution < -0.4 is 15.8 Å². The first-order chi connectivity index (χ1) is 14.3. The number of nitrogens with one attached hydrogen (secondary N) is 1. The van der Waals surface area contributed by atoms with Gasteiger partial charge in [-0.1, -0.05) is 24.3 Å². The highest BCUT2D eigenvalue weighted by Gasteiger charge is 2.36. The van der Waals surface area contributed by atoms with Gasteiger partial charge in [0.15, 0.2) is 6.61 Å². The molecule has 3 rings (SSSR count). The molecule has 1 saturated heterocycles. The van der Waals surface area contributed by atoms with Gasteiger partial charge in [-0.3, -0.25) is 24.1 Å². The highest BCUT2D eigenvalue weighted by molar-refractivity contribution is 9.10. The van der Waals surface area contributed by atoms with Crippen molar-refractivity contribution in [2.75, 3.05) is 18.5 Å². The van der Waals surface area contributed by atoms with Crippen LogP contribution in [0.4, 0.5) is 10.5 Å². The van der Waals surface area contributed by atoms with Gasteiger partial charge in [0.1, 0.15) is 12.3 Å². The molecular weight excluding hydrogens is 474 g/mol. The van der Waals surface area contributed by atoms with Gasteiger partial charge in [0.25, 0.3) is 17.1 Å². The molecule has 8 nitrogen and oxygen atoms in total. The smallest absolute Gasteiger partial charge is 0.294 e. The van der Waals surface area contributed by atoms with Crippen LogP contribution in [0.5, 0.6) is 5.75 Å². The average molecular weight is 490 g/mol. The fraction of sp³-hybridized carbons (Fsp3) is 0.100. The number of carbonyl (C=O) groups is 4. The summed E-state index contributed by atoms with van der Waals surface area (Å²) in [7, 11) is 0. The van der Waals surface area contributed by atoms with Crippen molar-refractivity contribution in [3.8, 4) is 5.75 Å². The number of benzene rings is 2. The summed E-state index contributed by atoms with van der Waals surface area (Å²) in [5, 5.41) is 2.12. The number of thioether (sulfide) groups is 1. The first-order valence-corrected chi connectivity index (χ1v) is 10.3. The predicted octanol–water partition coefficient (Wildman–Crippen LogP) is 2.99. The largest absolute Gasteiger partial charge is 0.483 e. The molecule has 4 amide bonds. The summed E-state index contributed by atoms with van der Waals surface area (Å²) in [5.41, 5.74) is 6.26. The third-order valence-corrected chi connectivity index (χ3v) is 5.38. The van der Waals surface area contributed by atoms with E-state index in [1.54, 1.807) is 48.5 Å². The van der Waals surface area contributed by atoms with E-state index in [1.807, 2.05) is 6.07 Å². The summed E-state index contributed by atoms with van der Waals surface area (Å²) >= 11 is 4.08. The van der Waals surface area contributed by atoms with Crippen LogP contribution in [0, 0.1) is 0 Å². The summed E-state index contributed by atoms with van der Waals surface area (Å²) in [6, 6.07) is 13.7. The molecule has 0 unspecified atom stereocenters. The van der Waals surface area contributed by atoms with Gasteiger partial charge in [-0.2, -0.15) is 0 Å². The second-order valence-electron chi connectivity index (χ2n) is 6.13. The Bertz CT molecular complexity index is 1040. The lowest BCUT2D eigenvalue weighted by molar-refractivity contribution is -0.127. The van der Waals surface area contributed by atoms with E-state index in [-0.39, 0.29) is 18.1 Å². The van der Waals surface area contributed by atoms with Gasteiger partial charge in [-0.15, -0.1) is 0 Å². The predicted molar refractivity (Wildman–Crippen MR) is 117 cm³/mol. The highest BCUT2D eigenvalue weighted by Crippen LogP contribution is 2.33. The van der Waals surface area contributed by atoms with Crippen LogP contribution in [0.2, 0.25) is 0 Å². The number of halogens is 1. The minimum Gasteiger partial charge on any atom is -0.483 e. The first-order valence-electron chi connectivity index (χ1n) is 8.64. The standard InChI is InChI=1S/C20H16BrN3O5S/c21-14-8-12(6-7-15(14)29-11-17(22)25)9-16-19(27)24(20(28)30-16)10-18(26)23-13-4-2-1-3-5-13/h1-9H,10-11H2,(H2,22,25)(H,23,26)/b16-9-. The second kappa shape index (κ2) is 9.59. The van der Waals surface area contributed by atoms with Crippen LogP contribution in [0.3, 0.4) is 0 Å². The summed E-state index contributed by atoms with van der Waals surface area (Å²) < 4.78 is 5.80. The zero-order valence-corrected chi connectivity index (χ0v) is 17.9. The van der Waals surface area contributed by atoms with Crippen molar-refractivity contribution in [2.24, 2.45) is 5.73 Å². The average Bonchev–Trinajstić information content (AvgIpc) is 2.95. The lowest BCUT2D eigenvalue weighted by Crippen LogP contribution is -2.36. The molecule has 1 aliphatic rings. The number of nitrogens with zero attached hydrogens (tertiary/aromatic N) is 1. The fourth-order valence-electron chi connectivity index (χ4n) is 2.53. The lowest BCUT2D eigenvalue weighted by atomic mass is 10.2. The van der Waals surface area contributed by atoms with Crippen LogP contribution in [0.25, 0.3) is 6.08 Å². The molecule has 2 aromatic carbocycles. The van der Waals surface area contributed by atoms with Gasteiger partial charge in [0.2, 0.25) is 5.91 Å². The van der Waals surface area contributed by atoms with E-state index >= 15 is 0 Å². The van der Waals surface area contributed by atoms with Crippen molar-refractivity contribution in [2.45, 2.75) is 0 Å². The van der Waals surface area contributed by atoms with Gasteiger partial charge >= 0.3 is 0 Å². The van der Waals surface area contributed by atoms with E-state index in [9.17, 15) is 19.2 Å². The van der Waals surface area contributed by atoms with Crippen molar-refractivity contribution in [1.29, 1.82) is 0 Å². The molecular formula is C20H16BrN3O5S. The first kappa shape index (κ1) is 21.6. The van der Waals surface area contributed by atoms with Gasteiger partial charge in [0, 0.05) is 5.69 Å². The van der Waals surface area contributed by atoms with E-state index in [2.05, 4.69) is 21.2 Å². The number of hydrogen-bond acceptors (Lipinski definition) is 6. The topological polar surface area (TPSA) is 119 Å². The number of primary amides is 1. The molecule has 0 aliphatic carbocycles. The second-order valence-corrected chi connectivity index (χ2v) is 7.97. The molecule has 0 atom stereocenters. The third kappa shape index (κ3) is 5.49. The molecule has 0 aromatic heterocycles. The Balaban J connectivity index is 1.68. The number of anilines is 1. The van der Waals surface area contributed by atoms with Gasteiger partial charge in [0.05, 0.1) is 9.38 Å². The summed E-state index contributed by atoms with van der Waals surface area (Å²) in [6.45, 7) is -0.637. The zero-order valence-electron chi connectivity index (χ0n) is 15.5. The number of rotatable bonds is 7. The Morgan fingerprint density at radius 1 is 1.17 bits per heavy atom. The number of ether oxygens (including phenoxy) is 1. The maximum absolute atomic E-state index is 12.6. The van der Waals surface area contributed by atoms with E-state index in [1.165, 1.54) is 0 Å². The van der Waals surface area contributed by atoms with Gasteiger partial charge < -0.3 is 15.8 Å². The Hall–Kier alpha value is -3.11. The Kier molecular flexibility index (Phi) is 6.91. The molecule has 0 spiro atoms. The summed E-state index contributed by atoms with van der Waals surface area (Å²) in [4.78, 5) is 48.9. The summed E-state index contributed by atoms with van der Waals surface area (Å²) in [5.74, 6) is -1.20. The molecule has 10 heteroatoms. The molecule has 0 saturated carbocycles. The van der Waals surface area contributed by atoms with Crippen molar-refractivity contribution in [3.63, 3.8) is 0 Å². The minimum absolute atomic E-state index is 0.199. The summed E-state index contributed by atoms with van der Waals surface area (Å²) in [6.07, 6.45) is 1.54. The van der Waals surface area contributed by atoms with E-state index < -0.39 is 23.0 Å². The maximum atomic E-state index is 12.6. The monoisotopic (exact) mass is 489 g/mol. The number of hydrogen-bond donors (Lipinski definition) is 2. The van der Waals surface area contributed by atoms with Crippen molar-refractivity contribution >= 4 is 62.4 Å². The number of para-hydroxylation sites is 1. The lowest BCUT2D eigenvalue weighted by Gasteiger charge is -2.12. The molecule has 0 radical (unpaired) electrons. The molecule has 2 aromatic rings. The SMILES string of the molecule is NC(=O)COc1ccc(/C=C2\SC(=O)N(CC(=O)Nc3ccccc3)C2=O)cc1Br. The van der Waals surface area contributed by atoms with Crippen LogP contribution in [-0.2, 0) is 14.4 Å². The van der Waals surface area contributed by atoms with Crippen LogP contribution in [-0.4, -0.2) is 41.0 Å². The Morgan fingerprint density at radius 3 is 2.57 bits per heavy atom. The van der Waals surface area contributed by atoms with Crippen molar-refractivity contribution in [1.82, 2.24) is 4.90 Å². The van der Waals surface area contributed by atoms with Crippen LogP contribution in [0.1, 0.15) is 5.56 Å². The molecule has 30 heavy (non-hydrogen) atoms. The zero-order chi connectivity index (χ0) is 21.7. The van der Waals surface area contributed by atoms with Gasteiger partial charge in [-0.25, -0.2) is 0 Å². The fourth-order valence-corrected chi connectivity index (χ4v) is 3.88. The van der Waals surface area contributed by atoms with Crippen molar-refractivity contribution in [3.05, 3.63) is 63.5 Å². The number of carbonyl (C=O) groups excluding carboxylic acids is 4. The van der Waals surface area contributed by atoms with Crippen LogP contribution >= 0.6 is 27.7 Å². The molecule has 1 heterocycles. The normalized spacial score (nSPS) is 14.8. The minimum atomic E-state index is -0.601. The highest BCUT2D eigenvalue weighted by atomic mass is 79.9. The van der Waals surface area contributed by atoms with Crippen LogP contribution in [0.15, 0.2) is 57.9 Å². The number of nitrogens with two attached hydrogens (primary N) is 1. The van der Waals surface area contributed by atoms with Crippen molar-refractivity contribution < 1.29 is 23.9 Å². The van der Waals surface area contributed by atoms with E-state index in [0.29, 0.717) is 21.5 Å². The third-order valence-electron chi connectivity index (χ3n) is 3.86. The number of amides is 4.